The number of aliphatic carboxylic acids is 2. The van der Waals surface area contributed by atoms with E-state index >= 15 is 0 Å². The van der Waals surface area contributed by atoms with E-state index in [2.05, 4.69) is 40.7 Å². The highest BCUT2D eigenvalue weighted by atomic mass is 16.4. The van der Waals surface area contributed by atoms with Crippen LogP contribution in [-0.2, 0) is 9.59 Å². The molecule has 0 bridgehead atoms. The van der Waals surface area contributed by atoms with Crippen LogP contribution in [0.1, 0.15) is 118 Å². The second kappa shape index (κ2) is 10.5. The Morgan fingerprint density at radius 3 is 2.39 bits per heavy atom. The minimum atomic E-state index is -1.97. The summed E-state index contributed by atoms with van der Waals surface area (Å²) in [5, 5.41) is 30.8. The maximum absolute atomic E-state index is 12.3. The monoisotopic (exact) mass is 531 g/mol. The number of hydrogen-bond acceptors (Lipinski definition) is 4. The number of carboxylic acids is 2. The number of carbonyl (C=O) groups is 2. The molecule has 4 aliphatic carbocycles. The van der Waals surface area contributed by atoms with Gasteiger partial charge in [-0.15, -0.1) is 0 Å². The van der Waals surface area contributed by atoms with E-state index in [1.54, 1.807) is 0 Å². The molecular weight excluding hydrogens is 478 g/mol. The van der Waals surface area contributed by atoms with Gasteiger partial charge >= 0.3 is 11.9 Å². The number of hydrogen-bond donors (Lipinski definition) is 4. The molecule has 4 aliphatic rings. The van der Waals surface area contributed by atoms with Crippen molar-refractivity contribution in [3.63, 3.8) is 0 Å². The normalized spacial score (nSPS) is 40.9. The first-order valence-electron chi connectivity index (χ1n) is 15.3. The topological polar surface area (TPSA) is 121 Å². The van der Waals surface area contributed by atoms with Crippen LogP contribution in [0.3, 0.4) is 0 Å². The summed E-state index contributed by atoms with van der Waals surface area (Å²) in [7, 11) is 0. The third-order valence-electron chi connectivity index (χ3n) is 12.3. The van der Waals surface area contributed by atoms with E-state index in [4.69, 9.17) is 10.8 Å². The van der Waals surface area contributed by atoms with Crippen LogP contribution in [0.5, 0.6) is 0 Å². The summed E-state index contributed by atoms with van der Waals surface area (Å²) in [6.07, 6.45) is 13.0. The summed E-state index contributed by atoms with van der Waals surface area (Å²) < 4.78 is 0. The molecule has 6 nitrogen and oxygen atoms in total. The lowest BCUT2D eigenvalue weighted by atomic mass is 9.45. The van der Waals surface area contributed by atoms with Gasteiger partial charge < -0.3 is 21.1 Å². The van der Waals surface area contributed by atoms with E-state index in [9.17, 15) is 19.8 Å². The summed E-state index contributed by atoms with van der Waals surface area (Å²) in [6, 6.07) is 0. The average molecular weight is 532 g/mol. The fourth-order valence-electron chi connectivity index (χ4n) is 9.89. The van der Waals surface area contributed by atoms with Crippen LogP contribution < -0.4 is 5.73 Å². The Kier molecular flexibility index (Phi) is 8.20. The lowest BCUT2D eigenvalue weighted by Crippen LogP contribution is -2.68. The second-order valence-electron chi connectivity index (χ2n) is 14.7. The van der Waals surface area contributed by atoms with Crippen LogP contribution in [0.2, 0.25) is 0 Å². The van der Waals surface area contributed by atoms with Crippen molar-refractivity contribution < 1.29 is 24.9 Å². The first-order chi connectivity index (χ1) is 17.7. The van der Waals surface area contributed by atoms with Gasteiger partial charge in [0, 0.05) is 12.8 Å². The SMILES string of the molecule is CC(C)CCC[C@@H](C)[C@H]1CC[C@H]2[C@@H]3CC=C4C[C@](O)(C(N)(CCC(=O)O)C(=O)O)CC[C@]4(C)[C@H]3CC[C@]12C. The molecule has 0 radical (unpaired) electrons. The molecule has 0 heterocycles. The summed E-state index contributed by atoms with van der Waals surface area (Å²) in [5.41, 5.74) is 4.23. The predicted molar refractivity (Wildman–Crippen MR) is 149 cm³/mol. The molecule has 4 rings (SSSR count). The Bertz CT molecular complexity index is 946. The third kappa shape index (κ3) is 4.87. The largest absolute Gasteiger partial charge is 0.481 e. The van der Waals surface area contributed by atoms with Gasteiger partial charge in [0.25, 0.3) is 0 Å². The maximum Gasteiger partial charge on any atom is 0.326 e. The quantitative estimate of drug-likeness (QED) is 0.242. The molecule has 3 saturated carbocycles. The molecule has 0 aromatic heterocycles. The lowest BCUT2D eigenvalue weighted by Gasteiger charge is -2.60. The van der Waals surface area contributed by atoms with Gasteiger partial charge in [0.05, 0.1) is 5.60 Å². The molecular formula is C32H53NO5. The van der Waals surface area contributed by atoms with Gasteiger partial charge in [-0.25, -0.2) is 0 Å². The summed E-state index contributed by atoms with van der Waals surface area (Å²) in [4.78, 5) is 23.5. The van der Waals surface area contributed by atoms with Gasteiger partial charge in [-0.05, 0) is 97.7 Å². The van der Waals surface area contributed by atoms with Gasteiger partial charge in [0.15, 0.2) is 0 Å². The van der Waals surface area contributed by atoms with Gasteiger partial charge in [0.2, 0.25) is 0 Å². The van der Waals surface area contributed by atoms with E-state index in [0.29, 0.717) is 30.1 Å². The van der Waals surface area contributed by atoms with E-state index in [1.807, 2.05) is 0 Å². The van der Waals surface area contributed by atoms with Crippen molar-refractivity contribution in [1.29, 1.82) is 0 Å². The zero-order valence-corrected chi connectivity index (χ0v) is 24.5. The van der Waals surface area contributed by atoms with Gasteiger partial charge in [-0.3, -0.25) is 9.59 Å². The first-order valence-corrected chi connectivity index (χ1v) is 15.3. The number of carboxylic acid groups (broad SMARTS) is 2. The van der Waals surface area contributed by atoms with E-state index < -0.39 is 23.1 Å². The molecule has 3 fully saturated rings. The number of rotatable bonds is 10. The average Bonchev–Trinajstić information content (AvgIpc) is 3.19. The van der Waals surface area contributed by atoms with Crippen LogP contribution in [0.25, 0.3) is 0 Å². The van der Waals surface area contributed by atoms with Crippen molar-refractivity contribution in [3.05, 3.63) is 11.6 Å². The molecule has 0 aliphatic heterocycles. The fraction of sp³-hybridized carbons (Fsp3) is 0.875. The first kappa shape index (κ1) is 29.6. The minimum Gasteiger partial charge on any atom is -0.481 e. The summed E-state index contributed by atoms with van der Waals surface area (Å²) in [5.74, 6) is 1.88. The number of nitrogens with two attached hydrogens (primary N) is 1. The second-order valence-corrected chi connectivity index (χ2v) is 14.7. The van der Waals surface area contributed by atoms with Gasteiger partial charge in [-0.2, -0.15) is 0 Å². The lowest BCUT2D eigenvalue weighted by molar-refractivity contribution is -0.162. The van der Waals surface area contributed by atoms with E-state index in [0.717, 1.165) is 35.7 Å². The van der Waals surface area contributed by atoms with Crippen molar-refractivity contribution in [2.45, 2.75) is 129 Å². The fourth-order valence-corrected chi connectivity index (χ4v) is 9.89. The Balaban J connectivity index is 1.52. The number of fused-ring (bicyclic) bond motifs is 5. The summed E-state index contributed by atoms with van der Waals surface area (Å²) in [6.45, 7) is 12.1. The van der Waals surface area contributed by atoms with Gasteiger partial charge in [-0.1, -0.05) is 65.5 Å². The van der Waals surface area contributed by atoms with Crippen LogP contribution in [-0.4, -0.2) is 38.4 Å². The molecule has 216 valence electrons. The Morgan fingerprint density at radius 2 is 1.76 bits per heavy atom. The Hall–Kier alpha value is -1.40. The van der Waals surface area contributed by atoms with Crippen LogP contribution in [0, 0.1) is 46.3 Å². The minimum absolute atomic E-state index is 0.0519. The smallest absolute Gasteiger partial charge is 0.326 e. The Labute approximate surface area is 229 Å². The molecule has 0 aromatic rings. The van der Waals surface area contributed by atoms with Crippen LogP contribution in [0.15, 0.2) is 11.6 Å². The highest BCUT2D eigenvalue weighted by Gasteiger charge is 2.63. The zero-order valence-electron chi connectivity index (χ0n) is 24.5. The van der Waals surface area contributed by atoms with E-state index in [-0.39, 0.29) is 24.7 Å². The number of aliphatic hydroxyl groups is 1. The van der Waals surface area contributed by atoms with Crippen molar-refractivity contribution in [3.8, 4) is 0 Å². The molecule has 6 heteroatoms. The van der Waals surface area contributed by atoms with Crippen molar-refractivity contribution in [2.24, 2.45) is 52.1 Å². The molecule has 0 amide bonds. The molecule has 0 aromatic carbocycles. The predicted octanol–water partition coefficient (Wildman–Crippen LogP) is 6.41. The number of allylic oxidation sites excluding steroid dienone is 1. The maximum atomic E-state index is 12.3. The zero-order chi connectivity index (χ0) is 28.1. The highest BCUT2D eigenvalue weighted by molar-refractivity contribution is 5.81. The molecule has 5 N–H and O–H groups in total. The molecule has 9 atom stereocenters. The third-order valence-corrected chi connectivity index (χ3v) is 12.3. The van der Waals surface area contributed by atoms with Crippen LogP contribution >= 0.6 is 0 Å². The molecule has 0 saturated heterocycles. The molecule has 1 unspecified atom stereocenters. The van der Waals surface area contributed by atoms with Crippen LogP contribution in [0.4, 0.5) is 0 Å². The molecule has 0 spiro atoms. The van der Waals surface area contributed by atoms with Crippen molar-refractivity contribution in [1.82, 2.24) is 0 Å². The van der Waals surface area contributed by atoms with Crippen molar-refractivity contribution in [2.75, 3.05) is 0 Å². The molecule has 38 heavy (non-hydrogen) atoms. The summed E-state index contributed by atoms with van der Waals surface area (Å²) >= 11 is 0. The Morgan fingerprint density at radius 1 is 1.05 bits per heavy atom. The van der Waals surface area contributed by atoms with Crippen molar-refractivity contribution >= 4 is 11.9 Å². The van der Waals surface area contributed by atoms with Gasteiger partial charge in [0.1, 0.15) is 5.54 Å². The standard InChI is InChI=1S/C32H53NO5/c1-20(2)7-6-8-21(3)24-11-12-25-23-10-9-22-19-31(38,32(33,28(36)37)16-14-27(34)35)18-17-29(22,4)26(23)13-15-30(24,25)5/h9,20-21,23-26,38H,6-8,10-19,33H2,1-5H3,(H,34,35)(H,36,37)/t21-,23+,24-,25+,26+,29+,30-,31+,32?/m1/s1. The van der Waals surface area contributed by atoms with E-state index in [1.165, 1.54) is 44.9 Å². The highest BCUT2D eigenvalue weighted by Crippen LogP contribution is 2.68.